The summed E-state index contributed by atoms with van der Waals surface area (Å²) in [6.45, 7) is 7.53. The summed E-state index contributed by atoms with van der Waals surface area (Å²) in [7, 11) is 1.60. The highest BCUT2D eigenvalue weighted by molar-refractivity contribution is 7.16. The van der Waals surface area contributed by atoms with E-state index >= 15 is 0 Å². The molecule has 1 aromatic heterocycles. The first kappa shape index (κ1) is 20.7. The summed E-state index contributed by atoms with van der Waals surface area (Å²) in [5, 5.41) is 3.35. The van der Waals surface area contributed by atoms with Crippen molar-refractivity contribution in [1.29, 1.82) is 0 Å². The zero-order valence-electron chi connectivity index (χ0n) is 16.3. The van der Waals surface area contributed by atoms with Crippen LogP contribution in [0.2, 0.25) is 0 Å². The first-order chi connectivity index (χ1) is 12.8. The standard InChI is InChI=1S/C21H25NO4S/c1-6-17-14(4)27-20(19(17)21(24)26-13(2)3)22-18(23)12-9-15-7-10-16(25-5)11-8-15/h7-13H,6H2,1-5H3,(H,22,23)/b12-9+. The lowest BCUT2D eigenvalue weighted by molar-refractivity contribution is -0.111. The fourth-order valence-electron chi connectivity index (χ4n) is 2.62. The SMILES string of the molecule is CCc1c(C)sc(NC(=O)/C=C/c2ccc(OC)cc2)c1C(=O)OC(C)C. The number of anilines is 1. The summed E-state index contributed by atoms with van der Waals surface area (Å²) < 4.78 is 10.5. The highest BCUT2D eigenvalue weighted by Crippen LogP contribution is 2.34. The van der Waals surface area contributed by atoms with E-state index in [4.69, 9.17) is 9.47 Å². The summed E-state index contributed by atoms with van der Waals surface area (Å²) in [5.74, 6) is 0.0556. The molecule has 5 nitrogen and oxygen atoms in total. The molecule has 0 aliphatic rings. The highest BCUT2D eigenvalue weighted by Gasteiger charge is 2.23. The molecule has 0 aliphatic carbocycles. The predicted molar refractivity (Wildman–Crippen MR) is 110 cm³/mol. The van der Waals surface area contributed by atoms with Crippen LogP contribution in [0, 0.1) is 6.92 Å². The number of benzene rings is 1. The first-order valence-corrected chi connectivity index (χ1v) is 9.63. The number of methoxy groups -OCH3 is 1. The molecule has 2 rings (SSSR count). The maximum atomic E-state index is 12.5. The Morgan fingerprint density at radius 2 is 1.89 bits per heavy atom. The van der Waals surface area contributed by atoms with Crippen molar-refractivity contribution < 1.29 is 19.1 Å². The largest absolute Gasteiger partial charge is 0.497 e. The van der Waals surface area contributed by atoms with Gasteiger partial charge in [-0.25, -0.2) is 4.79 Å². The summed E-state index contributed by atoms with van der Waals surface area (Å²) >= 11 is 1.39. The van der Waals surface area contributed by atoms with E-state index in [0.717, 1.165) is 21.8 Å². The number of carbonyl (C=O) groups excluding carboxylic acids is 2. The fraction of sp³-hybridized carbons (Fsp3) is 0.333. The normalized spacial score (nSPS) is 11.0. The molecule has 0 unspecified atom stereocenters. The summed E-state index contributed by atoms with van der Waals surface area (Å²) in [5.41, 5.74) is 2.25. The number of aryl methyl sites for hydroxylation is 1. The average molecular weight is 388 g/mol. The molecule has 1 N–H and O–H groups in total. The Morgan fingerprint density at radius 3 is 2.44 bits per heavy atom. The van der Waals surface area contributed by atoms with Crippen LogP contribution in [-0.4, -0.2) is 25.1 Å². The minimum Gasteiger partial charge on any atom is -0.497 e. The smallest absolute Gasteiger partial charge is 0.341 e. The van der Waals surface area contributed by atoms with Gasteiger partial charge in [-0.15, -0.1) is 11.3 Å². The molecule has 1 amide bonds. The highest BCUT2D eigenvalue weighted by atomic mass is 32.1. The number of thiophene rings is 1. The molecule has 0 spiro atoms. The van der Waals surface area contributed by atoms with Crippen molar-refractivity contribution in [1.82, 2.24) is 0 Å². The minimum absolute atomic E-state index is 0.221. The molecule has 27 heavy (non-hydrogen) atoms. The van der Waals surface area contributed by atoms with Crippen molar-refractivity contribution >= 4 is 34.3 Å². The Kier molecular flexibility index (Phi) is 7.19. The Labute approximate surface area is 164 Å². The van der Waals surface area contributed by atoms with Gasteiger partial charge in [0.2, 0.25) is 5.91 Å². The number of nitrogens with one attached hydrogen (secondary N) is 1. The third-order valence-corrected chi connectivity index (χ3v) is 4.95. The number of hydrogen-bond donors (Lipinski definition) is 1. The molecular weight excluding hydrogens is 362 g/mol. The number of ether oxygens (including phenoxy) is 2. The van der Waals surface area contributed by atoms with Gasteiger partial charge < -0.3 is 14.8 Å². The second-order valence-electron chi connectivity index (χ2n) is 6.24. The predicted octanol–water partition coefficient (Wildman–Crippen LogP) is 4.84. The molecular formula is C21H25NO4S. The number of rotatable bonds is 7. The van der Waals surface area contributed by atoms with Crippen molar-refractivity contribution in [3.63, 3.8) is 0 Å². The van der Waals surface area contributed by atoms with Crippen molar-refractivity contribution in [2.45, 2.75) is 40.2 Å². The molecule has 6 heteroatoms. The van der Waals surface area contributed by atoms with Gasteiger partial charge in [0.05, 0.1) is 18.8 Å². The van der Waals surface area contributed by atoms with Crippen LogP contribution in [0.1, 0.15) is 47.1 Å². The van der Waals surface area contributed by atoms with Crippen LogP contribution >= 0.6 is 11.3 Å². The maximum absolute atomic E-state index is 12.5. The lowest BCUT2D eigenvalue weighted by atomic mass is 10.1. The van der Waals surface area contributed by atoms with Gasteiger partial charge in [-0.2, -0.15) is 0 Å². The Bertz CT molecular complexity index is 835. The van der Waals surface area contributed by atoms with Crippen molar-refractivity contribution in [3.05, 3.63) is 51.9 Å². The van der Waals surface area contributed by atoms with Gasteiger partial charge in [0, 0.05) is 11.0 Å². The molecule has 144 valence electrons. The molecule has 0 bridgehead atoms. The van der Waals surface area contributed by atoms with Gasteiger partial charge in [-0.1, -0.05) is 19.1 Å². The Balaban J connectivity index is 2.18. The first-order valence-electron chi connectivity index (χ1n) is 8.82. The number of esters is 1. The van der Waals surface area contributed by atoms with Gasteiger partial charge in [0.15, 0.2) is 0 Å². The minimum atomic E-state index is -0.402. The van der Waals surface area contributed by atoms with Gasteiger partial charge in [-0.05, 0) is 56.5 Å². The molecule has 0 radical (unpaired) electrons. The quantitative estimate of drug-likeness (QED) is 0.545. The van der Waals surface area contributed by atoms with Crippen molar-refractivity contribution in [2.75, 3.05) is 12.4 Å². The summed E-state index contributed by atoms with van der Waals surface area (Å²) in [6, 6.07) is 7.37. The van der Waals surface area contributed by atoms with Crippen LogP contribution in [0.5, 0.6) is 5.75 Å². The number of hydrogen-bond acceptors (Lipinski definition) is 5. The zero-order chi connectivity index (χ0) is 20.0. The summed E-state index contributed by atoms with van der Waals surface area (Å²) in [6.07, 6.45) is 3.63. The average Bonchev–Trinajstić information content (AvgIpc) is 2.94. The summed E-state index contributed by atoms with van der Waals surface area (Å²) in [4.78, 5) is 25.8. The van der Waals surface area contributed by atoms with Crippen molar-refractivity contribution in [2.24, 2.45) is 0 Å². The van der Waals surface area contributed by atoms with Gasteiger partial charge in [0.25, 0.3) is 0 Å². The molecule has 0 atom stereocenters. The van der Waals surface area contributed by atoms with E-state index in [9.17, 15) is 9.59 Å². The number of carbonyl (C=O) groups is 2. The lowest BCUT2D eigenvalue weighted by Gasteiger charge is -2.10. The molecule has 0 aliphatic heterocycles. The second kappa shape index (κ2) is 9.37. The van der Waals surface area contributed by atoms with E-state index in [0.29, 0.717) is 17.0 Å². The maximum Gasteiger partial charge on any atom is 0.341 e. The van der Waals surface area contributed by atoms with Crippen molar-refractivity contribution in [3.8, 4) is 5.75 Å². The van der Waals surface area contributed by atoms with Crippen LogP contribution < -0.4 is 10.1 Å². The van der Waals surface area contributed by atoms with Crippen LogP contribution in [0.25, 0.3) is 6.08 Å². The van der Waals surface area contributed by atoms with E-state index in [1.165, 1.54) is 17.4 Å². The van der Waals surface area contributed by atoms with E-state index in [1.807, 2.05) is 38.1 Å². The molecule has 1 aromatic carbocycles. The molecule has 0 saturated carbocycles. The second-order valence-corrected chi connectivity index (χ2v) is 7.47. The topological polar surface area (TPSA) is 64.6 Å². The number of amides is 1. The van der Waals surface area contributed by atoms with E-state index in [2.05, 4.69) is 5.32 Å². The van der Waals surface area contributed by atoms with E-state index in [1.54, 1.807) is 27.0 Å². The van der Waals surface area contributed by atoms with E-state index < -0.39 is 5.97 Å². The Morgan fingerprint density at radius 1 is 1.22 bits per heavy atom. The lowest BCUT2D eigenvalue weighted by Crippen LogP contribution is -2.16. The molecule has 0 fully saturated rings. The fourth-order valence-corrected chi connectivity index (χ4v) is 3.76. The molecule has 1 heterocycles. The van der Waals surface area contributed by atoms with Gasteiger partial charge in [-0.3, -0.25) is 4.79 Å². The Hall–Kier alpha value is -2.60. The monoisotopic (exact) mass is 387 g/mol. The van der Waals surface area contributed by atoms with Gasteiger partial charge >= 0.3 is 5.97 Å². The van der Waals surface area contributed by atoms with E-state index in [-0.39, 0.29) is 12.0 Å². The van der Waals surface area contributed by atoms with Crippen LogP contribution in [0.4, 0.5) is 5.00 Å². The van der Waals surface area contributed by atoms with Crippen LogP contribution in [-0.2, 0) is 16.0 Å². The third kappa shape index (κ3) is 5.44. The van der Waals surface area contributed by atoms with Crippen LogP contribution in [0.3, 0.4) is 0 Å². The van der Waals surface area contributed by atoms with Gasteiger partial charge in [0.1, 0.15) is 10.8 Å². The third-order valence-electron chi connectivity index (χ3n) is 3.89. The molecule has 2 aromatic rings. The zero-order valence-corrected chi connectivity index (χ0v) is 17.1. The molecule has 0 saturated heterocycles. The van der Waals surface area contributed by atoms with Crippen LogP contribution in [0.15, 0.2) is 30.3 Å².